The van der Waals surface area contributed by atoms with Crippen molar-refractivity contribution in [1.82, 2.24) is 4.90 Å². The van der Waals surface area contributed by atoms with Crippen molar-refractivity contribution in [3.05, 3.63) is 69.0 Å². The first-order chi connectivity index (χ1) is 12.8. The summed E-state index contributed by atoms with van der Waals surface area (Å²) in [6.07, 6.45) is 1.55. The maximum Gasteiger partial charge on any atom is 0.294 e. The van der Waals surface area contributed by atoms with Crippen LogP contribution in [0.1, 0.15) is 5.56 Å². The van der Waals surface area contributed by atoms with Crippen molar-refractivity contribution in [2.24, 2.45) is 0 Å². The molecule has 1 saturated heterocycles. The molecule has 0 saturated carbocycles. The van der Waals surface area contributed by atoms with Crippen LogP contribution in [0.3, 0.4) is 0 Å². The van der Waals surface area contributed by atoms with E-state index in [1.807, 2.05) is 6.07 Å². The number of imide groups is 1. The number of carbonyl (C=O) groups excluding carboxylic acids is 3. The van der Waals surface area contributed by atoms with E-state index in [1.54, 1.807) is 24.3 Å². The van der Waals surface area contributed by atoms with Gasteiger partial charge in [-0.05, 0) is 47.7 Å². The zero-order valence-electron chi connectivity index (χ0n) is 13.5. The molecule has 0 aromatic heterocycles. The molecule has 1 aliphatic rings. The summed E-state index contributed by atoms with van der Waals surface area (Å²) in [5, 5.41) is 1.61. The number of amides is 3. The number of benzene rings is 2. The second-order valence-corrected chi connectivity index (χ2v) is 7.40. The maximum atomic E-state index is 13.6. The predicted molar refractivity (Wildman–Crippen MR) is 102 cm³/mol. The van der Waals surface area contributed by atoms with Gasteiger partial charge in [-0.1, -0.05) is 28.1 Å². The summed E-state index contributed by atoms with van der Waals surface area (Å²) in [5.74, 6) is -3.12. The molecule has 0 radical (unpaired) electrons. The van der Waals surface area contributed by atoms with Crippen molar-refractivity contribution in [3.8, 4) is 0 Å². The predicted octanol–water partition coefficient (Wildman–Crippen LogP) is 4.40. The minimum atomic E-state index is -0.952. The Hall–Kier alpha value is -2.52. The molecule has 9 heteroatoms. The fourth-order valence-electron chi connectivity index (χ4n) is 2.31. The molecule has 138 valence electrons. The number of halogens is 3. The highest BCUT2D eigenvalue weighted by Gasteiger charge is 2.36. The second kappa shape index (κ2) is 8.01. The lowest BCUT2D eigenvalue weighted by Crippen LogP contribution is -2.36. The van der Waals surface area contributed by atoms with E-state index < -0.39 is 35.2 Å². The van der Waals surface area contributed by atoms with E-state index in [-0.39, 0.29) is 10.6 Å². The molecule has 2 aromatic rings. The SMILES string of the molecule is O=C(CN1C(=O)SC(=Cc2cccc(Br)c2)C1=O)Nc1ccc(F)cc1F. The zero-order chi connectivity index (χ0) is 19.6. The second-order valence-electron chi connectivity index (χ2n) is 5.50. The lowest BCUT2D eigenvalue weighted by molar-refractivity contribution is -0.127. The summed E-state index contributed by atoms with van der Waals surface area (Å²) in [7, 11) is 0. The van der Waals surface area contributed by atoms with Gasteiger partial charge in [-0.15, -0.1) is 0 Å². The van der Waals surface area contributed by atoms with Crippen LogP contribution in [0.15, 0.2) is 51.8 Å². The first-order valence-electron chi connectivity index (χ1n) is 7.59. The molecule has 1 aliphatic heterocycles. The summed E-state index contributed by atoms with van der Waals surface area (Å²) < 4.78 is 27.3. The maximum absolute atomic E-state index is 13.6. The van der Waals surface area contributed by atoms with Crippen molar-refractivity contribution in [3.63, 3.8) is 0 Å². The van der Waals surface area contributed by atoms with Gasteiger partial charge in [0.2, 0.25) is 5.91 Å². The molecule has 3 amide bonds. The van der Waals surface area contributed by atoms with E-state index in [0.717, 1.165) is 21.5 Å². The average molecular weight is 453 g/mol. The molecule has 0 unspecified atom stereocenters. The van der Waals surface area contributed by atoms with E-state index in [0.29, 0.717) is 23.4 Å². The number of anilines is 1. The molecule has 0 aliphatic carbocycles. The minimum absolute atomic E-state index is 0.180. The molecule has 2 aromatic carbocycles. The Balaban J connectivity index is 1.71. The third-order valence-electron chi connectivity index (χ3n) is 3.53. The lowest BCUT2D eigenvalue weighted by atomic mass is 10.2. The minimum Gasteiger partial charge on any atom is -0.322 e. The van der Waals surface area contributed by atoms with Crippen LogP contribution in [-0.4, -0.2) is 28.5 Å². The Kier molecular flexibility index (Phi) is 5.71. The summed E-state index contributed by atoms with van der Waals surface area (Å²) in [4.78, 5) is 37.5. The van der Waals surface area contributed by atoms with Gasteiger partial charge >= 0.3 is 0 Å². The highest BCUT2D eigenvalue weighted by atomic mass is 79.9. The van der Waals surface area contributed by atoms with E-state index in [1.165, 1.54) is 0 Å². The van der Waals surface area contributed by atoms with Crippen LogP contribution in [0.5, 0.6) is 0 Å². The standard InChI is InChI=1S/C18H11BrF2N2O3S/c19-11-3-1-2-10(6-11)7-15-17(25)23(18(26)27-15)9-16(24)22-14-5-4-12(20)8-13(14)21/h1-8H,9H2,(H,22,24). The highest BCUT2D eigenvalue weighted by molar-refractivity contribution is 9.10. The summed E-state index contributed by atoms with van der Waals surface area (Å²) in [6, 6.07) is 9.81. The van der Waals surface area contributed by atoms with Gasteiger partial charge < -0.3 is 5.32 Å². The van der Waals surface area contributed by atoms with Gasteiger partial charge in [0.1, 0.15) is 18.2 Å². The highest BCUT2D eigenvalue weighted by Crippen LogP contribution is 2.32. The molecule has 1 N–H and O–H groups in total. The largest absolute Gasteiger partial charge is 0.322 e. The van der Waals surface area contributed by atoms with Crippen molar-refractivity contribution >= 4 is 56.5 Å². The van der Waals surface area contributed by atoms with Gasteiger partial charge in [-0.2, -0.15) is 0 Å². The van der Waals surface area contributed by atoms with Crippen LogP contribution in [0.2, 0.25) is 0 Å². The molecule has 0 spiro atoms. The third-order valence-corrected chi connectivity index (χ3v) is 4.93. The molecule has 5 nitrogen and oxygen atoms in total. The first kappa shape index (κ1) is 19.2. The van der Waals surface area contributed by atoms with Gasteiger partial charge in [0.15, 0.2) is 0 Å². The molecular formula is C18H11BrF2N2O3S. The number of nitrogens with zero attached hydrogens (tertiary/aromatic N) is 1. The Morgan fingerprint density at radius 1 is 1.19 bits per heavy atom. The van der Waals surface area contributed by atoms with Gasteiger partial charge in [-0.3, -0.25) is 19.3 Å². The summed E-state index contributed by atoms with van der Waals surface area (Å²) >= 11 is 4.03. The summed E-state index contributed by atoms with van der Waals surface area (Å²) in [5.41, 5.74) is 0.478. The molecule has 0 atom stereocenters. The van der Waals surface area contributed by atoms with Crippen LogP contribution in [0.4, 0.5) is 19.3 Å². The van der Waals surface area contributed by atoms with Crippen LogP contribution in [0, 0.1) is 11.6 Å². The monoisotopic (exact) mass is 452 g/mol. The van der Waals surface area contributed by atoms with E-state index in [2.05, 4.69) is 21.2 Å². The van der Waals surface area contributed by atoms with Gasteiger partial charge in [0, 0.05) is 10.5 Å². The molecule has 3 rings (SSSR count). The number of thioether (sulfide) groups is 1. The van der Waals surface area contributed by atoms with Crippen LogP contribution >= 0.6 is 27.7 Å². The van der Waals surface area contributed by atoms with Crippen LogP contribution in [-0.2, 0) is 9.59 Å². The van der Waals surface area contributed by atoms with Crippen molar-refractivity contribution in [2.75, 3.05) is 11.9 Å². The van der Waals surface area contributed by atoms with E-state index in [4.69, 9.17) is 0 Å². The zero-order valence-corrected chi connectivity index (χ0v) is 15.9. The van der Waals surface area contributed by atoms with E-state index in [9.17, 15) is 23.2 Å². The van der Waals surface area contributed by atoms with Crippen molar-refractivity contribution in [2.45, 2.75) is 0 Å². The Morgan fingerprint density at radius 2 is 1.96 bits per heavy atom. The van der Waals surface area contributed by atoms with Gasteiger partial charge in [-0.25, -0.2) is 8.78 Å². The average Bonchev–Trinajstić information content (AvgIpc) is 2.85. The fourth-order valence-corrected chi connectivity index (χ4v) is 3.56. The smallest absolute Gasteiger partial charge is 0.294 e. The topological polar surface area (TPSA) is 66.5 Å². The van der Waals surface area contributed by atoms with Crippen molar-refractivity contribution < 1.29 is 23.2 Å². The molecule has 27 heavy (non-hydrogen) atoms. The Morgan fingerprint density at radius 3 is 2.67 bits per heavy atom. The lowest BCUT2D eigenvalue weighted by Gasteiger charge is -2.12. The number of hydrogen-bond donors (Lipinski definition) is 1. The third kappa shape index (κ3) is 4.61. The molecule has 1 fully saturated rings. The van der Waals surface area contributed by atoms with E-state index >= 15 is 0 Å². The number of nitrogens with one attached hydrogen (secondary N) is 1. The summed E-state index contributed by atoms with van der Waals surface area (Å²) in [6.45, 7) is -0.572. The molecule has 0 bridgehead atoms. The van der Waals surface area contributed by atoms with Crippen LogP contribution in [0.25, 0.3) is 6.08 Å². The van der Waals surface area contributed by atoms with Gasteiger partial charge in [0.05, 0.1) is 10.6 Å². The normalized spacial score (nSPS) is 15.5. The van der Waals surface area contributed by atoms with Gasteiger partial charge in [0.25, 0.3) is 11.1 Å². The molecule has 1 heterocycles. The Bertz CT molecular complexity index is 981. The Labute approximate surface area is 165 Å². The fraction of sp³-hybridized carbons (Fsp3) is 0.0556. The molecular weight excluding hydrogens is 442 g/mol. The van der Waals surface area contributed by atoms with Crippen molar-refractivity contribution in [1.29, 1.82) is 0 Å². The number of carbonyl (C=O) groups is 3. The number of hydrogen-bond acceptors (Lipinski definition) is 4. The first-order valence-corrected chi connectivity index (χ1v) is 9.20. The van der Waals surface area contributed by atoms with Crippen LogP contribution < -0.4 is 5.32 Å². The number of rotatable bonds is 4. The quantitative estimate of drug-likeness (QED) is 0.698.